The Morgan fingerprint density at radius 2 is 1.73 bits per heavy atom. The molecule has 0 aliphatic carbocycles. The standard InChI is InChI=1S/C21H24N4O4S/c1-25-20(15-6-8-16(27-2)9-7-15)23-24-21(25)30-13-19(26)22-12-14-5-10-17(28-3)18(11-14)29-4/h5-11H,12-13H2,1-4H3,(H,22,26). The van der Waals surface area contributed by atoms with Gasteiger partial charge in [0.05, 0.1) is 27.1 Å². The molecule has 3 rings (SSSR count). The highest BCUT2D eigenvalue weighted by Crippen LogP contribution is 2.27. The maximum absolute atomic E-state index is 12.3. The van der Waals surface area contributed by atoms with Gasteiger partial charge in [-0.25, -0.2) is 0 Å². The molecule has 30 heavy (non-hydrogen) atoms. The molecule has 0 aliphatic rings. The summed E-state index contributed by atoms with van der Waals surface area (Å²) in [6.07, 6.45) is 0. The SMILES string of the molecule is COc1ccc(-c2nnc(SCC(=O)NCc3ccc(OC)c(OC)c3)n2C)cc1. The highest BCUT2D eigenvalue weighted by Gasteiger charge is 2.13. The Morgan fingerprint density at radius 3 is 2.40 bits per heavy atom. The average Bonchev–Trinajstić information content (AvgIpc) is 3.16. The van der Waals surface area contributed by atoms with E-state index in [0.29, 0.717) is 23.2 Å². The normalized spacial score (nSPS) is 10.5. The van der Waals surface area contributed by atoms with E-state index < -0.39 is 0 Å². The van der Waals surface area contributed by atoms with Gasteiger partial charge in [0, 0.05) is 19.2 Å². The Kier molecular flexibility index (Phi) is 7.18. The predicted molar refractivity (Wildman–Crippen MR) is 115 cm³/mol. The number of carbonyl (C=O) groups is 1. The van der Waals surface area contributed by atoms with Crippen LogP contribution >= 0.6 is 11.8 Å². The number of thioether (sulfide) groups is 1. The molecule has 1 heterocycles. The fourth-order valence-electron chi connectivity index (χ4n) is 2.80. The molecule has 0 unspecified atom stereocenters. The summed E-state index contributed by atoms with van der Waals surface area (Å²) in [5.74, 6) is 2.93. The number of benzene rings is 2. The molecule has 0 atom stereocenters. The van der Waals surface area contributed by atoms with E-state index in [1.165, 1.54) is 11.8 Å². The molecule has 0 radical (unpaired) electrons. The van der Waals surface area contributed by atoms with Crippen molar-refractivity contribution in [3.63, 3.8) is 0 Å². The van der Waals surface area contributed by atoms with Gasteiger partial charge < -0.3 is 24.1 Å². The van der Waals surface area contributed by atoms with Crippen LogP contribution in [-0.2, 0) is 18.4 Å². The lowest BCUT2D eigenvalue weighted by molar-refractivity contribution is -0.118. The molecule has 8 nitrogen and oxygen atoms in total. The van der Waals surface area contributed by atoms with Crippen LogP contribution in [0.15, 0.2) is 47.6 Å². The first kappa shape index (κ1) is 21.5. The molecule has 0 aliphatic heterocycles. The molecule has 1 N–H and O–H groups in total. The number of amides is 1. The number of nitrogens with zero attached hydrogens (tertiary/aromatic N) is 3. The lowest BCUT2D eigenvalue weighted by Gasteiger charge is -2.10. The molecule has 0 saturated carbocycles. The maximum Gasteiger partial charge on any atom is 0.230 e. The van der Waals surface area contributed by atoms with Crippen LogP contribution in [0.1, 0.15) is 5.56 Å². The van der Waals surface area contributed by atoms with E-state index in [2.05, 4.69) is 15.5 Å². The van der Waals surface area contributed by atoms with Crippen molar-refractivity contribution >= 4 is 17.7 Å². The third-order valence-electron chi connectivity index (χ3n) is 4.45. The van der Waals surface area contributed by atoms with Gasteiger partial charge in [-0.1, -0.05) is 17.8 Å². The quantitative estimate of drug-likeness (QED) is 0.524. The van der Waals surface area contributed by atoms with Gasteiger partial charge in [0.15, 0.2) is 22.5 Å². The summed E-state index contributed by atoms with van der Waals surface area (Å²) in [6.45, 7) is 0.398. The van der Waals surface area contributed by atoms with Crippen molar-refractivity contribution in [1.82, 2.24) is 20.1 Å². The van der Waals surface area contributed by atoms with Gasteiger partial charge in [0.2, 0.25) is 5.91 Å². The first-order chi connectivity index (χ1) is 14.5. The van der Waals surface area contributed by atoms with E-state index in [9.17, 15) is 4.79 Å². The van der Waals surface area contributed by atoms with Crippen LogP contribution in [-0.4, -0.2) is 47.8 Å². The monoisotopic (exact) mass is 428 g/mol. The van der Waals surface area contributed by atoms with Crippen LogP contribution in [0.2, 0.25) is 0 Å². The average molecular weight is 429 g/mol. The Hall–Kier alpha value is -3.20. The summed E-state index contributed by atoms with van der Waals surface area (Å²) in [6, 6.07) is 13.1. The van der Waals surface area contributed by atoms with E-state index in [0.717, 1.165) is 22.7 Å². The van der Waals surface area contributed by atoms with E-state index >= 15 is 0 Å². The van der Waals surface area contributed by atoms with E-state index in [-0.39, 0.29) is 11.7 Å². The molecular formula is C21H24N4O4S. The summed E-state index contributed by atoms with van der Waals surface area (Å²) in [5, 5.41) is 12.0. The van der Waals surface area contributed by atoms with E-state index in [1.54, 1.807) is 21.3 Å². The topological polar surface area (TPSA) is 87.5 Å². The lowest BCUT2D eigenvalue weighted by Crippen LogP contribution is -2.24. The zero-order valence-electron chi connectivity index (χ0n) is 17.3. The van der Waals surface area contributed by atoms with Gasteiger partial charge >= 0.3 is 0 Å². The van der Waals surface area contributed by atoms with Crippen molar-refractivity contribution < 1.29 is 19.0 Å². The highest BCUT2D eigenvalue weighted by molar-refractivity contribution is 7.99. The number of rotatable bonds is 9. The fourth-order valence-corrected chi connectivity index (χ4v) is 3.55. The van der Waals surface area contributed by atoms with Gasteiger partial charge in [-0.15, -0.1) is 10.2 Å². The minimum atomic E-state index is -0.0937. The van der Waals surface area contributed by atoms with Crippen molar-refractivity contribution in [2.45, 2.75) is 11.7 Å². The number of ether oxygens (including phenoxy) is 3. The first-order valence-corrected chi connectivity index (χ1v) is 10.2. The molecule has 1 aromatic heterocycles. The van der Waals surface area contributed by atoms with Crippen LogP contribution in [0, 0.1) is 0 Å². The molecule has 0 saturated heterocycles. The molecule has 0 fully saturated rings. The van der Waals surface area contributed by atoms with Gasteiger partial charge in [-0.3, -0.25) is 4.79 Å². The molecule has 3 aromatic rings. The summed E-state index contributed by atoms with van der Waals surface area (Å²) < 4.78 is 17.6. The van der Waals surface area contributed by atoms with Crippen LogP contribution in [0.4, 0.5) is 0 Å². The van der Waals surface area contributed by atoms with Crippen LogP contribution in [0.5, 0.6) is 17.2 Å². The Bertz CT molecular complexity index is 1000. The third-order valence-corrected chi connectivity index (χ3v) is 5.47. The van der Waals surface area contributed by atoms with Crippen LogP contribution < -0.4 is 19.5 Å². The second-order valence-corrected chi connectivity index (χ2v) is 7.29. The van der Waals surface area contributed by atoms with Crippen LogP contribution in [0.3, 0.4) is 0 Å². The highest BCUT2D eigenvalue weighted by atomic mass is 32.2. The van der Waals surface area contributed by atoms with Crippen LogP contribution in [0.25, 0.3) is 11.4 Å². The zero-order chi connectivity index (χ0) is 21.5. The molecule has 1 amide bonds. The number of nitrogens with one attached hydrogen (secondary N) is 1. The smallest absolute Gasteiger partial charge is 0.230 e. The number of carbonyl (C=O) groups excluding carboxylic acids is 1. The number of methoxy groups -OCH3 is 3. The Labute approximate surface area is 179 Å². The maximum atomic E-state index is 12.3. The van der Waals surface area contributed by atoms with Gasteiger partial charge in [0.25, 0.3) is 0 Å². The molecular weight excluding hydrogens is 404 g/mol. The fraction of sp³-hybridized carbons (Fsp3) is 0.286. The molecule has 9 heteroatoms. The minimum Gasteiger partial charge on any atom is -0.497 e. The summed E-state index contributed by atoms with van der Waals surface area (Å²) >= 11 is 1.34. The molecule has 0 bridgehead atoms. The van der Waals surface area contributed by atoms with E-state index in [1.807, 2.05) is 54.1 Å². The molecule has 158 valence electrons. The minimum absolute atomic E-state index is 0.0937. The first-order valence-electron chi connectivity index (χ1n) is 9.20. The van der Waals surface area contributed by atoms with Crippen molar-refractivity contribution in [3.05, 3.63) is 48.0 Å². The van der Waals surface area contributed by atoms with Gasteiger partial charge in [-0.05, 0) is 42.0 Å². The zero-order valence-corrected chi connectivity index (χ0v) is 18.2. The van der Waals surface area contributed by atoms with E-state index in [4.69, 9.17) is 14.2 Å². The predicted octanol–water partition coefficient (Wildman–Crippen LogP) is 2.92. The van der Waals surface area contributed by atoms with Crippen molar-refractivity contribution in [1.29, 1.82) is 0 Å². The summed E-state index contributed by atoms with van der Waals surface area (Å²) in [7, 11) is 6.67. The largest absolute Gasteiger partial charge is 0.497 e. The lowest BCUT2D eigenvalue weighted by atomic mass is 10.2. The van der Waals surface area contributed by atoms with Gasteiger partial charge in [-0.2, -0.15) is 0 Å². The van der Waals surface area contributed by atoms with Crippen molar-refractivity contribution in [2.75, 3.05) is 27.1 Å². The summed E-state index contributed by atoms with van der Waals surface area (Å²) in [4.78, 5) is 12.3. The van der Waals surface area contributed by atoms with Gasteiger partial charge in [0.1, 0.15) is 5.75 Å². The number of hydrogen-bond donors (Lipinski definition) is 1. The van der Waals surface area contributed by atoms with Crippen molar-refractivity contribution in [2.24, 2.45) is 7.05 Å². The number of hydrogen-bond acceptors (Lipinski definition) is 7. The second kappa shape index (κ2) is 10.0. The Balaban J connectivity index is 1.55. The third kappa shape index (κ3) is 5.04. The summed E-state index contributed by atoms with van der Waals surface area (Å²) in [5.41, 5.74) is 1.85. The second-order valence-electron chi connectivity index (χ2n) is 6.35. The Morgan fingerprint density at radius 1 is 1.00 bits per heavy atom. The molecule has 0 spiro atoms. The molecule has 2 aromatic carbocycles. The van der Waals surface area contributed by atoms with Crippen molar-refractivity contribution in [3.8, 4) is 28.6 Å². The number of aromatic nitrogens is 3.